The van der Waals surface area contributed by atoms with Crippen molar-refractivity contribution in [1.29, 1.82) is 0 Å². The van der Waals surface area contributed by atoms with Gasteiger partial charge in [-0.05, 0) is 28.3 Å². The number of carbonyl (C=O) groups is 1. The minimum Gasteiger partial charge on any atom is -0.369 e. The second-order valence-electron chi connectivity index (χ2n) is 4.20. The van der Waals surface area contributed by atoms with Crippen molar-refractivity contribution in [2.45, 2.75) is 6.42 Å². The second-order valence-corrected chi connectivity index (χ2v) is 4.20. The molecule has 2 aromatic carbocycles. The number of nitrogens with two attached hydrogens (primary N) is 2. The van der Waals surface area contributed by atoms with E-state index in [1.807, 2.05) is 48.5 Å². The van der Waals surface area contributed by atoms with Gasteiger partial charge in [-0.1, -0.05) is 42.5 Å². The fourth-order valence-electron chi connectivity index (χ4n) is 2.02. The van der Waals surface area contributed by atoms with Crippen LogP contribution in [-0.2, 0) is 11.2 Å². The van der Waals surface area contributed by atoms with Gasteiger partial charge in [-0.2, -0.15) is 5.10 Å². The second kappa shape index (κ2) is 5.82. The maximum Gasteiger partial charge on any atom is 0.221 e. The van der Waals surface area contributed by atoms with Crippen molar-refractivity contribution in [1.82, 2.24) is 0 Å². The summed E-state index contributed by atoms with van der Waals surface area (Å²) in [7, 11) is 0. The highest BCUT2D eigenvalue weighted by atomic mass is 16.1. The zero-order chi connectivity index (χ0) is 13.7. The monoisotopic (exact) mass is 253 g/mol. The molecule has 0 heterocycles. The van der Waals surface area contributed by atoms with Crippen molar-refractivity contribution in [3.63, 3.8) is 0 Å². The Morgan fingerprint density at radius 3 is 2.68 bits per heavy atom. The molecule has 4 N–H and O–H groups in total. The Balaban J connectivity index is 2.46. The molecule has 4 nitrogen and oxygen atoms in total. The highest BCUT2D eigenvalue weighted by Crippen LogP contribution is 2.24. The van der Waals surface area contributed by atoms with Crippen LogP contribution in [0.25, 0.3) is 11.1 Å². The van der Waals surface area contributed by atoms with Crippen LogP contribution in [0.5, 0.6) is 0 Å². The predicted octanol–water partition coefficient (Wildman–Crippen LogP) is 1.67. The third kappa shape index (κ3) is 3.19. The summed E-state index contributed by atoms with van der Waals surface area (Å²) in [5.74, 6) is 4.81. The fourth-order valence-corrected chi connectivity index (χ4v) is 2.02. The van der Waals surface area contributed by atoms with Crippen molar-refractivity contribution >= 4 is 12.1 Å². The molecular weight excluding hydrogens is 238 g/mol. The van der Waals surface area contributed by atoms with Crippen LogP contribution in [0.2, 0.25) is 0 Å². The van der Waals surface area contributed by atoms with Gasteiger partial charge in [0, 0.05) is 0 Å². The molecule has 0 bridgehead atoms. The van der Waals surface area contributed by atoms with Crippen molar-refractivity contribution in [2.75, 3.05) is 0 Å². The number of hydrogen-bond donors (Lipinski definition) is 2. The van der Waals surface area contributed by atoms with E-state index in [2.05, 4.69) is 5.10 Å². The molecule has 0 aliphatic rings. The summed E-state index contributed by atoms with van der Waals surface area (Å²) in [6, 6.07) is 15.5. The van der Waals surface area contributed by atoms with E-state index in [4.69, 9.17) is 11.6 Å². The molecule has 0 fully saturated rings. The van der Waals surface area contributed by atoms with E-state index in [0.29, 0.717) is 0 Å². The maximum absolute atomic E-state index is 11.1. The average Bonchev–Trinajstić information content (AvgIpc) is 2.39. The summed E-state index contributed by atoms with van der Waals surface area (Å²) >= 11 is 0. The first kappa shape index (κ1) is 12.8. The molecule has 4 heteroatoms. The maximum atomic E-state index is 11.1. The van der Waals surface area contributed by atoms with Crippen LogP contribution in [0.1, 0.15) is 11.1 Å². The normalized spacial score (nSPS) is 10.7. The van der Waals surface area contributed by atoms with E-state index >= 15 is 0 Å². The molecule has 0 aliphatic carbocycles. The molecule has 2 aromatic rings. The van der Waals surface area contributed by atoms with Gasteiger partial charge in [0.2, 0.25) is 5.91 Å². The minimum absolute atomic E-state index is 0.228. The Labute approximate surface area is 111 Å². The molecule has 0 unspecified atom stereocenters. The van der Waals surface area contributed by atoms with Crippen LogP contribution in [-0.4, -0.2) is 12.1 Å². The Kier molecular flexibility index (Phi) is 3.93. The largest absolute Gasteiger partial charge is 0.369 e. The summed E-state index contributed by atoms with van der Waals surface area (Å²) in [5, 5.41) is 3.51. The topological polar surface area (TPSA) is 81.5 Å². The van der Waals surface area contributed by atoms with Gasteiger partial charge in [0.05, 0.1) is 12.6 Å². The van der Waals surface area contributed by atoms with Crippen LogP contribution in [0.15, 0.2) is 53.6 Å². The molecule has 19 heavy (non-hydrogen) atoms. The number of amides is 1. The molecule has 0 radical (unpaired) electrons. The lowest BCUT2D eigenvalue weighted by Crippen LogP contribution is -2.14. The smallest absolute Gasteiger partial charge is 0.221 e. The summed E-state index contributed by atoms with van der Waals surface area (Å²) in [4.78, 5) is 11.1. The molecule has 96 valence electrons. The van der Waals surface area contributed by atoms with Gasteiger partial charge in [0.25, 0.3) is 0 Å². The lowest BCUT2D eigenvalue weighted by molar-refractivity contribution is -0.117. The number of benzene rings is 2. The number of carbonyl (C=O) groups excluding carboxylic acids is 1. The predicted molar refractivity (Wildman–Crippen MR) is 76.6 cm³/mol. The van der Waals surface area contributed by atoms with E-state index in [-0.39, 0.29) is 12.3 Å². The minimum atomic E-state index is -0.341. The van der Waals surface area contributed by atoms with Gasteiger partial charge in [-0.25, -0.2) is 0 Å². The third-order valence-electron chi connectivity index (χ3n) is 2.80. The summed E-state index contributed by atoms with van der Waals surface area (Å²) in [6.45, 7) is 0. The van der Waals surface area contributed by atoms with Gasteiger partial charge >= 0.3 is 0 Å². The van der Waals surface area contributed by atoms with Gasteiger partial charge in [0.1, 0.15) is 0 Å². The molecule has 0 saturated carbocycles. The molecule has 2 rings (SSSR count). The van der Waals surface area contributed by atoms with E-state index in [9.17, 15) is 4.79 Å². The molecule has 0 atom stereocenters. The van der Waals surface area contributed by atoms with E-state index < -0.39 is 0 Å². The van der Waals surface area contributed by atoms with E-state index in [0.717, 1.165) is 22.3 Å². The van der Waals surface area contributed by atoms with Crippen LogP contribution in [0, 0.1) is 0 Å². The first-order valence-electron chi connectivity index (χ1n) is 5.90. The van der Waals surface area contributed by atoms with Gasteiger partial charge in [0.15, 0.2) is 0 Å². The third-order valence-corrected chi connectivity index (χ3v) is 2.80. The van der Waals surface area contributed by atoms with Crippen molar-refractivity contribution in [3.05, 3.63) is 59.7 Å². The average molecular weight is 253 g/mol. The number of rotatable bonds is 4. The Morgan fingerprint density at radius 2 is 1.95 bits per heavy atom. The lowest BCUT2D eigenvalue weighted by Gasteiger charge is -2.08. The molecule has 0 spiro atoms. The summed E-state index contributed by atoms with van der Waals surface area (Å²) in [6.07, 6.45) is 1.81. The van der Waals surface area contributed by atoms with Gasteiger partial charge in [-0.15, -0.1) is 0 Å². The lowest BCUT2D eigenvalue weighted by atomic mass is 9.96. The van der Waals surface area contributed by atoms with Gasteiger partial charge < -0.3 is 11.6 Å². The van der Waals surface area contributed by atoms with E-state index in [1.54, 1.807) is 6.21 Å². The first-order valence-corrected chi connectivity index (χ1v) is 5.90. The zero-order valence-corrected chi connectivity index (χ0v) is 10.4. The number of nitrogens with zero attached hydrogens (tertiary/aromatic N) is 1. The van der Waals surface area contributed by atoms with Crippen molar-refractivity contribution in [2.24, 2.45) is 16.7 Å². The Morgan fingerprint density at radius 1 is 1.16 bits per heavy atom. The highest BCUT2D eigenvalue weighted by molar-refractivity contribution is 5.84. The van der Waals surface area contributed by atoms with E-state index in [1.165, 1.54) is 0 Å². The molecule has 1 amide bonds. The zero-order valence-electron chi connectivity index (χ0n) is 10.4. The summed E-state index contributed by atoms with van der Waals surface area (Å²) < 4.78 is 0. The molecule has 0 aliphatic heterocycles. The van der Waals surface area contributed by atoms with Crippen LogP contribution < -0.4 is 11.6 Å². The molecule has 0 saturated heterocycles. The number of hydrogen-bond acceptors (Lipinski definition) is 3. The summed E-state index contributed by atoms with van der Waals surface area (Å²) in [5.41, 5.74) is 9.10. The van der Waals surface area contributed by atoms with Gasteiger partial charge in [-0.3, -0.25) is 4.79 Å². The van der Waals surface area contributed by atoms with Crippen LogP contribution in [0.3, 0.4) is 0 Å². The molecule has 0 aromatic heterocycles. The first-order chi connectivity index (χ1) is 9.20. The van der Waals surface area contributed by atoms with Crippen LogP contribution in [0.4, 0.5) is 0 Å². The standard InChI is InChI=1S/C15H15N3O/c16-15(19)9-13-5-1-2-7-14(13)12-6-3-4-11(8-12)10-18-17/h1-8,10H,9,17H2,(H2,16,19). The van der Waals surface area contributed by atoms with Crippen molar-refractivity contribution in [3.8, 4) is 11.1 Å². The Hall–Kier alpha value is -2.62. The SMILES string of the molecule is NN=Cc1cccc(-c2ccccc2CC(N)=O)c1. The molecular formula is C15H15N3O. The number of hydrazone groups is 1. The Bertz CT molecular complexity index is 620. The van der Waals surface area contributed by atoms with Crippen LogP contribution >= 0.6 is 0 Å². The highest BCUT2D eigenvalue weighted by Gasteiger charge is 2.07. The fraction of sp³-hybridized carbons (Fsp3) is 0.0667. The number of primary amides is 1. The van der Waals surface area contributed by atoms with Crippen molar-refractivity contribution < 1.29 is 4.79 Å². The quantitative estimate of drug-likeness (QED) is 0.493.